The maximum absolute atomic E-state index is 12.1. The van der Waals surface area contributed by atoms with Gasteiger partial charge in [0.05, 0.1) is 16.6 Å². The van der Waals surface area contributed by atoms with E-state index in [1.54, 1.807) is 14.2 Å². The first-order chi connectivity index (χ1) is 8.38. The van der Waals surface area contributed by atoms with Gasteiger partial charge in [0.2, 0.25) is 0 Å². The van der Waals surface area contributed by atoms with Crippen LogP contribution in [-0.4, -0.2) is 30.5 Å². The fourth-order valence-corrected chi connectivity index (χ4v) is 2.71. The van der Waals surface area contributed by atoms with E-state index >= 15 is 0 Å². The average Bonchev–Trinajstić information content (AvgIpc) is 2.34. The minimum atomic E-state index is -1.10. The van der Waals surface area contributed by atoms with Crippen molar-refractivity contribution < 1.29 is 13.7 Å². The second kappa shape index (κ2) is 6.45. The molecule has 0 fully saturated rings. The summed E-state index contributed by atoms with van der Waals surface area (Å²) in [7, 11) is 2.00. The van der Waals surface area contributed by atoms with Gasteiger partial charge in [0.25, 0.3) is 0 Å². The second-order valence-electron chi connectivity index (χ2n) is 5.19. The molecule has 0 aromatic heterocycles. The molecule has 1 unspecified atom stereocenters. The molecule has 0 aliphatic carbocycles. The number of hydrogen-bond donors (Lipinski definition) is 0. The standard InChI is InChI=1S/C14H22O3S/c1-14(2,3)11-6-8-12(9-7-11)18(15)10-13(16-4)17-5/h6-9,13H,10H2,1-5H3. The molecular weight excluding hydrogens is 248 g/mol. The zero-order valence-corrected chi connectivity index (χ0v) is 12.5. The molecule has 0 saturated carbocycles. The number of ether oxygens (including phenoxy) is 2. The Kier molecular flexibility index (Phi) is 5.50. The van der Waals surface area contributed by atoms with Crippen LogP contribution in [-0.2, 0) is 25.7 Å². The highest BCUT2D eigenvalue weighted by Gasteiger charge is 2.15. The topological polar surface area (TPSA) is 35.5 Å². The van der Waals surface area contributed by atoms with Gasteiger partial charge in [-0.1, -0.05) is 32.9 Å². The zero-order valence-electron chi connectivity index (χ0n) is 11.7. The van der Waals surface area contributed by atoms with E-state index in [0.29, 0.717) is 5.75 Å². The van der Waals surface area contributed by atoms with Crippen molar-refractivity contribution in [2.45, 2.75) is 37.4 Å². The van der Waals surface area contributed by atoms with Gasteiger partial charge < -0.3 is 9.47 Å². The Morgan fingerprint density at radius 1 is 1.11 bits per heavy atom. The zero-order chi connectivity index (χ0) is 13.8. The Labute approximate surface area is 112 Å². The molecule has 0 saturated heterocycles. The van der Waals surface area contributed by atoms with Crippen molar-refractivity contribution in [1.82, 2.24) is 0 Å². The van der Waals surface area contributed by atoms with Crippen molar-refractivity contribution in [3.8, 4) is 0 Å². The number of rotatable bonds is 5. The van der Waals surface area contributed by atoms with Gasteiger partial charge in [-0.3, -0.25) is 4.21 Å². The van der Waals surface area contributed by atoms with Crippen molar-refractivity contribution in [1.29, 1.82) is 0 Å². The van der Waals surface area contributed by atoms with E-state index in [-0.39, 0.29) is 5.41 Å². The highest BCUT2D eigenvalue weighted by atomic mass is 32.2. The van der Waals surface area contributed by atoms with Gasteiger partial charge in [-0.2, -0.15) is 0 Å². The van der Waals surface area contributed by atoms with Gasteiger partial charge in [-0.05, 0) is 23.1 Å². The van der Waals surface area contributed by atoms with Gasteiger partial charge in [-0.25, -0.2) is 0 Å². The van der Waals surface area contributed by atoms with Gasteiger partial charge in [0, 0.05) is 19.1 Å². The molecule has 0 bridgehead atoms. The molecule has 4 heteroatoms. The third kappa shape index (κ3) is 4.19. The average molecular weight is 270 g/mol. The molecule has 0 N–H and O–H groups in total. The summed E-state index contributed by atoms with van der Waals surface area (Å²) in [4.78, 5) is 0.808. The van der Waals surface area contributed by atoms with Crippen LogP contribution in [0.3, 0.4) is 0 Å². The van der Waals surface area contributed by atoms with E-state index in [1.807, 2.05) is 24.3 Å². The summed E-state index contributed by atoms with van der Waals surface area (Å²) in [6.45, 7) is 6.47. The van der Waals surface area contributed by atoms with E-state index in [2.05, 4.69) is 20.8 Å². The Balaban J connectivity index is 2.76. The first kappa shape index (κ1) is 15.3. The molecule has 0 aliphatic rings. The van der Waals surface area contributed by atoms with Crippen LogP contribution in [0.5, 0.6) is 0 Å². The summed E-state index contributed by atoms with van der Waals surface area (Å²) in [6, 6.07) is 7.89. The molecule has 1 atom stereocenters. The summed E-state index contributed by atoms with van der Waals surface area (Å²) in [5, 5.41) is 0. The first-order valence-electron chi connectivity index (χ1n) is 5.93. The lowest BCUT2D eigenvalue weighted by Gasteiger charge is -2.19. The summed E-state index contributed by atoms with van der Waals surface area (Å²) >= 11 is 0. The number of hydrogen-bond acceptors (Lipinski definition) is 3. The normalized spacial score (nSPS) is 13.9. The molecule has 0 heterocycles. The molecule has 0 radical (unpaired) electrons. The van der Waals surface area contributed by atoms with Crippen LogP contribution in [0, 0.1) is 0 Å². The lowest BCUT2D eigenvalue weighted by Crippen LogP contribution is -2.21. The minimum Gasteiger partial charge on any atom is -0.355 e. The summed E-state index contributed by atoms with van der Waals surface area (Å²) in [6.07, 6.45) is -0.423. The largest absolute Gasteiger partial charge is 0.355 e. The van der Waals surface area contributed by atoms with Crippen molar-refractivity contribution in [2.75, 3.05) is 20.0 Å². The lowest BCUT2D eigenvalue weighted by atomic mass is 9.87. The summed E-state index contributed by atoms with van der Waals surface area (Å²) in [5.41, 5.74) is 1.35. The molecule has 0 amide bonds. The smallest absolute Gasteiger partial charge is 0.168 e. The Hall–Kier alpha value is -0.710. The van der Waals surface area contributed by atoms with Crippen LogP contribution in [0.15, 0.2) is 29.2 Å². The first-order valence-corrected chi connectivity index (χ1v) is 7.25. The highest BCUT2D eigenvalue weighted by Crippen LogP contribution is 2.23. The molecular formula is C14H22O3S. The van der Waals surface area contributed by atoms with Crippen molar-refractivity contribution in [2.24, 2.45) is 0 Å². The summed E-state index contributed by atoms with van der Waals surface area (Å²) < 4.78 is 22.2. The van der Waals surface area contributed by atoms with Crippen LogP contribution >= 0.6 is 0 Å². The van der Waals surface area contributed by atoms with E-state index in [4.69, 9.17) is 9.47 Å². The van der Waals surface area contributed by atoms with Crippen LogP contribution in [0.25, 0.3) is 0 Å². The summed E-state index contributed by atoms with van der Waals surface area (Å²) in [5.74, 6) is 0.349. The molecule has 0 spiro atoms. The Bertz CT molecular complexity index is 388. The Morgan fingerprint density at radius 3 is 2.00 bits per heavy atom. The molecule has 0 aliphatic heterocycles. The molecule has 102 valence electrons. The third-order valence-corrected chi connectivity index (χ3v) is 4.17. The third-order valence-electron chi connectivity index (χ3n) is 2.80. The van der Waals surface area contributed by atoms with Gasteiger partial charge in [0.1, 0.15) is 0 Å². The van der Waals surface area contributed by atoms with Crippen LogP contribution in [0.1, 0.15) is 26.3 Å². The highest BCUT2D eigenvalue weighted by molar-refractivity contribution is 7.85. The SMILES string of the molecule is COC(CS(=O)c1ccc(C(C)(C)C)cc1)OC. The fourth-order valence-electron chi connectivity index (χ4n) is 1.56. The fraction of sp³-hybridized carbons (Fsp3) is 0.571. The van der Waals surface area contributed by atoms with Crippen molar-refractivity contribution >= 4 is 10.8 Å². The maximum Gasteiger partial charge on any atom is 0.168 e. The number of benzene rings is 1. The van der Waals surface area contributed by atoms with E-state index in [1.165, 1.54) is 5.56 Å². The predicted octanol–water partition coefficient (Wildman–Crippen LogP) is 2.71. The lowest BCUT2D eigenvalue weighted by molar-refractivity contribution is -0.0847. The van der Waals surface area contributed by atoms with E-state index < -0.39 is 17.1 Å². The molecule has 1 aromatic rings. The maximum atomic E-state index is 12.1. The van der Waals surface area contributed by atoms with Crippen LogP contribution in [0.2, 0.25) is 0 Å². The molecule has 1 aromatic carbocycles. The quantitative estimate of drug-likeness (QED) is 0.772. The van der Waals surface area contributed by atoms with Crippen LogP contribution < -0.4 is 0 Å². The van der Waals surface area contributed by atoms with Gasteiger partial charge in [-0.15, -0.1) is 0 Å². The molecule has 3 nitrogen and oxygen atoms in total. The van der Waals surface area contributed by atoms with Gasteiger partial charge >= 0.3 is 0 Å². The minimum absolute atomic E-state index is 0.113. The molecule has 1 rings (SSSR count). The van der Waals surface area contributed by atoms with Crippen LogP contribution in [0.4, 0.5) is 0 Å². The predicted molar refractivity (Wildman–Crippen MR) is 74.2 cm³/mol. The van der Waals surface area contributed by atoms with Gasteiger partial charge in [0.15, 0.2) is 6.29 Å². The van der Waals surface area contributed by atoms with Crippen molar-refractivity contribution in [3.63, 3.8) is 0 Å². The second-order valence-corrected chi connectivity index (χ2v) is 6.68. The van der Waals surface area contributed by atoms with E-state index in [0.717, 1.165) is 4.90 Å². The molecule has 18 heavy (non-hydrogen) atoms. The van der Waals surface area contributed by atoms with Crippen molar-refractivity contribution in [3.05, 3.63) is 29.8 Å². The van der Waals surface area contributed by atoms with E-state index in [9.17, 15) is 4.21 Å². The monoisotopic (exact) mass is 270 g/mol. The Morgan fingerprint density at radius 2 is 1.61 bits per heavy atom. The number of methoxy groups -OCH3 is 2.